The molecule has 0 saturated heterocycles. The third-order valence-corrected chi connectivity index (χ3v) is 9.26. The van der Waals surface area contributed by atoms with Gasteiger partial charge in [0.1, 0.15) is 0 Å². The summed E-state index contributed by atoms with van der Waals surface area (Å²) in [5.41, 5.74) is 0.0818. The lowest BCUT2D eigenvalue weighted by Gasteiger charge is -2.57. The van der Waals surface area contributed by atoms with E-state index in [0.29, 0.717) is 12.8 Å². The first-order chi connectivity index (χ1) is 16.1. The fourth-order valence-corrected chi connectivity index (χ4v) is 7.30. The van der Waals surface area contributed by atoms with Crippen molar-refractivity contribution in [1.29, 1.82) is 0 Å². The molecule has 4 aliphatic rings. The number of fused-ring (bicyclic) bond motifs is 5. The maximum atomic E-state index is 11.9. The quantitative estimate of drug-likeness (QED) is 0.564. The summed E-state index contributed by atoms with van der Waals surface area (Å²) in [6.45, 7) is 14.1. The molecule has 0 aromatic rings. The van der Waals surface area contributed by atoms with Crippen molar-refractivity contribution in [3.8, 4) is 0 Å². The Kier molecular flexibility index (Phi) is 6.69. The van der Waals surface area contributed by atoms with E-state index in [9.17, 15) is 17.8 Å². The predicted octanol–water partition coefficient (Wildman–Crippen LogP) is 5.05. The van der Waals surface area contributed by atoms with Crippen LogP contribution in [0.1, 0.15) is 90.0 Å². The Morgan fingerprint density at radius 3 is 2.34 bits per heavy atom. The standard InChI is InChI=1S/C19H28O5S.C6H15N/c1-18-9-7-13(20)11-12(18)3-4-14-15-5-6-17(24-25(21,22)23)19(15,2)10-8-16(14)18;1-4-7(5-2)6-3/h11,14-17H,3-10H2,1-2H3,(H,21,22,23);4-6H2,1-3H3/t14-,15-,16-,17-,18-,19-;/m0./s1/i6D2,17D;. The highest BCUT2D eigenvalue weighted by Crippen LogP contribution is 2.65. The van der Waals surface area contributed by atoms with Gasteiger partial charge in [-0.15, -0.1) is 0 Å². The molecule has 184 valence electrons. The molecule has 0 aromatic heterocycles. The fourth-order valence-electron chi connectivity index (χ4n) is 6.84. The molecule has 0 aliphatic heterocycles. The summed E-state index contributed by atoms with van der Waals surface area (Å²) in [7, 11) is -4.97. The third-order valence-electron chi connectivity index (χ3n) is 8.88. The van der Waals surface area contributed by atoms with Crippen molar-refractivity contribution in [3.63, 3.8) is 0 Å². The summed E-state index contributed by atoms with van der Waals surface area (Å²) >= 11 is 0. The van der Waals surface area contributed by atoms with Crippen LogP contribution in [0.2, 0.25) is 0 Å². The van der Waals surface area contributed by atoms with Crippen molar-refractivity contribution in [2.45, 2.75) is 92.0 Å². The van der Waals surface area contributed by atoms with Crippen LogP contribution in [-0.2, 0) is 19.4 Å². The first kappa shape index (κ1) is 21.8. The van der Waals surface area contributed by atoms with Gasteiger partial charge in [0.25, 0.3) is 0 Å². The molecule has 0 bridgehead atoms. The highest BCUT2D eigenvalue weighted by molar-refractivity contribution is 7.80. The van der Waals surface area contributed by atoms with E-state index in [0.717, 1.165) is 25.7 Å². The molecular formula is C25H43NO5S. The average molecular weight is 473 g/mol. The zero-order chi connectivity index (χ0) is 26.4. The summed E-state index contributed by atoms with van der Waals surface area (Å²) in [6, 6.07) is 0. The van der Waals surface area contributed by atoms with Crippen LogP contribution in [0, 0.1) is 28.6 Å². The Morgan fingerprint density at radius 1 is 1.12 bits per heavy atom. The molecule has 0 spiro atoms. The predicted molar refractivity (Wildman–Crippen MR) is 127 cm³/mol. The molecular weight excluding hydrogens is 426 g/mol. The minimum atomic E-state index is -4.97. The van der Waals surface area contributed by atoms with E-state index in [2.05, 4.69) is 32.6 Å². The van der Waals surface area contributed by atoms with Gasteiger partial charge in [0.15, 0.2) is 5.78 Å². The van der Waals surface area contributed by atoms with Crippen molar-refractivity contribution < 1.29 is 26.1 Å². The lowest BCUT2D eigenvalue weighted by atomic mass is 9.47. The molecule has 0 amide bonds. The molecule has 4 aliphatic carbocycles. The Balaban J connectivity index is 0.000000429. The molecule has 6 nitrogen and oxygen atoms in total. The van der Waals surface area contributed by atoms with Gasteiger partial charge in [-0.1, -0.05) is 40.2 Å². The zero-order valence-electron chi connectivity index (χ0n) is 23.3. The van der Waals surface area contributed by atoms with Gasteiger partial charge in [-0.2, -0.15) is 8.42 Å². The maximum Gasteiger partial charge on any atom is 0.397 e. The number of ketones is 1. The summed E-state index contributed by atoms with van der Waals surface area (Å²) in [5.74, 6) is 0.385. The molecule has 32 heavy (non-hydrogen) atoms. The molecule has 6 atom stereocenters. The average Bonchev–Trinajstić information content (AvgIpc) is 2.91. The van der Waals surface area contributed by atoms with Crippen LogP contribution in [0.4, 0.5) is 0 Å². The summed E-state index contributed by atoms with van der Waals surface area (Å²) < 4.78 is 62.5. The first-order valence-corrected chi connectivity index (χ1v) is 13.6. The van der Waals surface area contributed by atoms with E-state index >= 15 is 0 Å². The van der Waals surface area contributed by atoms with Crippen LogP contribution in [0.5, 0.6) is 0 Å². The van der Waals surface area contributed by atoms with E-state index in [1.54, 1.807) is 13.0 Å². The minimum Gasteiger partial charge on any atom is -0.304 e. The van der Waals surface area contributed by atoms with E-state index in [4.69, 9.17) is 8.30 Å². The number of rotatable bonds is 5. The van der Waals surface area contributed by atoms with Gasteiger partial charge in [-0.25, -0.2) is 4.18 Å². The molecule has 1 N–H and O–H groups in total. The van der Waals surface area contributed by atoms with Crippen molar-refractivity contribution in [3.05, 3.63) is 11.6 Å². The van der Waals surface area contributed by atoms with Gasteiger partial charge in [0.2, 0.25) is 0 Å². The molecule has 0 unspecified atom stereocenters. The van der Waals surface area contributed by atoms with Crippen molar-refractivity contribution in [1.82, 2.24) is 4.90 Å². The monoisotopic (exact) mass is 472 g/mol. The van der Waals surface area contributed by atoms with Crippen LogP contribution in [0.3, 0.4) is 0 Å². The van der Waals surface area contributed by atoms with Crippen molar-refractivity contribution in [2.75, 3.05) is 19.6 Å². The smallest absolute Gasteiger partial charge is 0.304 e. The number of hydrogen-bond donors (Lipinski definition) is 1. The number of carbonyl (C=O) groups excluding carboxylic acids is 1. The Bertz CT molecular complexity index is 947. The van der Waals surface area contributed by atoms with Crippen LogP contribution in [0.15, 0.2) is 11.6 Å². The molecule has 0 heterocycles. The molecule has 0 aromatic carbocycles. The molecule has 3 fully saturated rings. The lowest BCUT2D eigenvalue weighted by Crippen LogP contribution is -2.51. The zero-order valence-corrected chi connectivity index (χ0v) is 21.1. The van der Waals surface area contributed by atoms with Crippen LogP contribution in [0.25, 0.3) is 0 Å². The molecule has 7 heteroatoms. The second kappa shape index (κ2) is 9.85. The number of hydrogen-bond acceptors (Lipinski definition) is 5. The largest absolute Gasteiger partial charge is 0.397 e. The molecule has 4 rings (SSSR count). The summed E-state index contributed by atoms with van der Waals surface area (Å²) in [4.78, 5) is 14.3. The Hall–Kier alpha value is -0.760. The van der Waals surface area contributed by atoms with Gasteiger partial charge in [-0.3, -0.25) is 9.35 Å². The highest BCUT2D eigenvalue weighted by atomic mass is 32.3. The number of nitrogens with zero attached hydrogens (tertiary/aromatic N) is 1. The van der Waals surface area contributed by atoms with Crippen molar-refractivity contribution >= 4 is 16.2 Å². The lowest BCUT2D eigenvalue weighted by molar-refractivity contribution is -0.117. The first-order valence-electron chi connectivity index (χ1n) is 13.7. The van der Waals surface area contributed by atoms with Crippen molar-refractivity contribution in [2.24, 2.45) is 28.6 Å². The van der Waals surface area contributed by atoms with Gasteiger partial charge in [-0.05, 0) is 99.2 Å². The topological polar surface area (TPSA) is 83.9 Å². The minimum absolute atomic E-state index is 0.0394. The number of carbonyl (C=O) groups is 1. The highest BCUT2D eigenvalue weighted by Gasteiger charge is 2.60. The second-order valence-corrected chi connectivity index (χ2v) is 11.3. The molecule has 0 radical (unpaired) electrons. The molecule has 3 saturated carbocycles. The van der Waals surface area contributed by atoms with Crippen LogP contribution >= 0.6 is 0 Å². The third kappa shape index (κ3) is 5.01. The maximum absolute atomic E-state index is 11.9. The number of allylic oxidation sites excluding steroid dienone is 1. The van der Waals surface area contributed by atoms with Gasteiger partial charge >= 0.3 is 10.4 Å². The Labute approximate surface area is 199 Å². The SMILES string of the molecule is CCN(CC)CC.[2H]C1([2H])C[C@H]2[C@@H]3CCC4=CC(=O)CC[C@]4(C)[C@H]3CC[C@]2(C)[C@@]1([2H])OS(=O)(=O)O. The van der Waals surface area contributed by atoms with Crippen LogP contribution < -0.4 is 0 Å². The van der Waals surface area contributed by atoms with E-state index in [1.165, 1.54) is 25.2 Å². The van der Waals surface area contributed by atoms with Gasteiger partial charge < -0.3 is 4.90 Å². The van der Waals surface area contributed by atoms with Gasteiger partial charge in [0.05, 0.1) is 7.45 Å². The van der Waals surface area contributed by atoms with Crippen LogP contribution in [-0.4, -0.2) is 49.4 Å². The fraction of sp³-hybridized carbons (Fsp3) is 0.880. The summed E-state index contributed by atoms with van der Waals surface area (Å²) in [5, 5.41) is 0. The normalized spacial score (nSPS) is 44.1. The Morgan fingerprint density at radius 2 is 1.78 bits per heavy atom. The van der Waals surface area contributed by atoms with E-state index in [1.807, 2.05) is 0 Å². The second-order valence-electron chi connectivity index (χ2n) is 10.3. The van der Waals surface area contributed by atoms with E-state index < -0.39 is 28.3 Å². The van der Waals surface area contributed by atoms with E-state index in [-0.39, 0.29) is 35.4 Å². The van der Waals surface area contributed by atoms with Gasteiger partial charge in [0, 0.05) is 9.16 Å². The summed E-state index contributed by atoms with van der Waals surface area (Å²) in [6.07, 6.45) is 1.37.